The third-order valence-corrected chi connectivity index (χ3v) is 5.37. The Bertz CT molecular complexity index is 1100. The summed E-state index contributed by atoms with van der Waals surface area (Å²) < 4.78 is 27.1. The van der Waals surface area contributed by atoms with Crippen LogP contribution in [0, 0.1) is 0 Å². The third-order valence-electron chi connectivity index (χ3n) is 3.66. The first-order chi connectivity index (χ1) is 13.4. The van der Waals surface area contributed by atoms with Crippen LogP contribution in [0.2, 0.25) is 5.02 Å². The molecule has 1 aromatic heterocycles. The average molecular weight is 414 g/mol. The number of carbonyl (C=O) groups excluding carboxylic acids is 1. The Hall–Kier alpha value is -3.16. The molecular weight excluding hydrogens is 398 g/mol. The summed E-state index contributed by atoms with van der Waals surface area (Å²) in [6.07, 6.45) is 4.45. The summed E-state index contributed by atoms with van der Waals surface area (Å²) in [6, 6.07) is 17.9. The third kappa shape index (κ3) is 5.18. The predicted octanol–water partition coefficient (Wildman–Crippen LogP) is 4.19. The van der Waals surface area contributed by atoms with Gasteiger partial charge in [0.25, 0.3) is 10.0 Å². The van der Waals surface area contributed by atoms with E-state index >= 15 is 0 Å². The summed E-state index contributed by atoms with van der Waals surface area (Å²) in [6.45, 7) is 0. The van der Waals surface area contributed by atoms with Crippen molar-refractivity contribution in [3.05, 3.63) is 89.6 Å². The molecular formula is C20H16ClN3O3S. The Kier molecular flexibility index (Phi) is 6.08. The number of halogens is 1. The van der Waals surface area contributed by atoms with Crippen LogP contribution in [0.25, 0.3) is 6.08 Å². The van der Waals surface area contributed by atoms with Gasteiger partial charge in [0.2, 0.25) is 5.91 Å². The SMILES string of the molecule is O=C(C=Cc1ccccc1Cl)Nc1ccc(S(=O)(=O)Nc2ccccn2)cc1. The second kappa shape index (κ2) is 8.69. The van der Waals surface area contributed by atoms with E-state index in [2.05, 4.69) is 15.0 Å². The Balaban J connectivity index is 1.65. The van der Waals surface area contributed by atoms with Crippen molar-refractivity contribution in [1.82, 2.24) is 4.98 Å². The van der Waals surface area contributed by atoms with Crippen molar-refractivity contribution in [2.24, 2.45) is 0 Å². The van der Waals surface area contributed by atoms with Gasteiger partial charge in [-0.25, -0.2) is 13.4 Å². The molecule has 3 rings (SSSR count). The normalized spacial score (nSPS) is 11.3. The molecule has 0 aliphatic carbocycles. The van der Waals surface area contributed by atoms with Crippen LogP contribution in [0.5, 0.6) is 0 Å². The van der Waals surface area contributed by atoms with Gasteiger partial charge >= 0.3 is 0 Å². The minimum atomic E-state index is -3.76. The van der Waals surface area contributed by atoms with Crippen molar-refractivity contribution in [2.75, 3.05) is 10.0 Å². The molecule has 0 radical (unpaired) electrons. The number of hydrogen-bond acceptors (Lipinski definition) is 4. The number of benzene rings is 2. The van der Waals surface area contributed by atoms with Crippen LogP contribution in [-0.2, 0) is 14.8 Å². The molecule has 1 heterocycles. The van der Waals surface area contributed by atoms with Gasteiger partial charge in [-0.2, -0.15) is 0 Å². The summed E-state index contributed by atoms with van der Waals surface area (Å²) in [5, 5.41) is 3.21. The first-order valence-electron chi connectivity index (χ1n) is 8.21. The fourth-order valence-corrected chi connectivity index (χ4v) is 3.50. The molecule has 28 heavy (non-hydrogen) atoms. The van der Waals surface area contributed by atoms with E-state index < -0.39 is 10.0 Å². The van der Waals surface area contributed by atoms with Gasteiger partial charge in [-0.1, -0.05) is 35.9 Å². The van der Waals surface area contributed by atoms with Gasteiger partial charge in [0.15, 0.2) is 0 Å². The highest BCUT2D eigenvalue weighted by Gasteiger charge is 2.14. The molecule has 0 spiro atoms. The summed E-state index contributed by atoms with van der Waals surface area (Å²) in [7, 11) is -3.76. The highest BCUT2D eigenvalue weighted by Crippen LogP contribution is 2.18. The van der Waals surface area contributed by atoms with Crippen LogP contribution in [0.1, 0.15) is 5.56 Å². The molecule has 1 amide bonds. The summed E-state index contributed by atoms with van der Waals surface area (Å²) in [4.78, 5) is 16.0. The van der Waals surface area contributed by atoms with E-state index in [0.717, 1.165) is 5.56 Å². The lowest BCUT2D eigenvalue weighted by molar-refractivity contribution is -0.111. The fraction of sp³-hybridized carbons (Fsp3) is 0. The number of carbonyl (C=O) groups is 1. The molecule has 8 heteroatoms. The number of amides is 1. The highest BCUT2D eigenvalue weighted by atomic mass is 35.5. The molecule has 0 aliphatic heterocycles. The molecule has 142 valence electrons. The number of nitrogens with one attached hydrogen (secondary N) is 2. The molecule has 2 aromatic carbocycles. The molecule has 0 aliphatic rings. The lowest BCUT2D eigenvalue weighted by Gasteiger charge is -2.08. The zero-order valence-corrected chi connectivity index (χ0v) is 16.1. The number of nitrogens with zero attached hydrogens (tertiary/aromatic N) is 1. The quantitative estimate of drug-likeness (QED) is 0.593. The van der Waals surface area contributed by atoms with E-state index in [1.54, 1.807) is 42.5 Å². The smallest absolute Gasteiger partial charge is 0.263 e. The van der Waals surface area contributed by atoms with E-state index in [1.165, 1.54) is 36.5 Å². The maximum absolute atomic E-state index is 12.4. The molecule has 6 nitrogen and oxygen atoms in total. The average Bonchev–Trinajstić information content (AvgIpc) is 2.68. The minimum absolute atomic E-state index is 0.0581. The number of anilines is 2. The van der Waals surface area contributed by atoms with E-state index in [4.69, 9.17) is 11.6 Å². The maximum atomic E-state index is 12.4. The maximum Gasteiger partial charge on any atom is 0.263 e. The van der Waals surface area contributed by atoms with E-state index in [-0.39, 0.29) is 16.6 Å². The van der Waals surface area contributed by atoms with Gasteiger partial charge in [-0.05, 0) is 54.1 Å². The summed E-state index contributed by atoms with van der Waals surface area (Å²) in [5.74, 6) is -0.133. The van der Waals surface area contributed by atoms with Crippen LogP contribution < -0.4 is 10.0 Å². The van der Waals surface area contributed by atoms with Crippen LogP contribution in [-0.4, -0.2) is 19.3 Å². The van der Waals surface area contributed by atoms with Crippen molar-refractivity contribution in [3.63, 3.8) is 0 Å². The van der Waals surface area contributed by atoms with E-state index in [0.29, 0.717) is 10.7 Å². The minimum Gasteiger partial charge on any atom is -0.323 e. The van der Waals surface area contributed by atoms with Gasteiger partial charge in [0.1, 0.15) is 5.82 Å². The monoisotopic (exact) mass is 413 g/mol. The second-order valence-electron chi connectivity index (χ2n) is 5.69. The van der Waals surface area contributed by atoms with Crippen molar-refractivity contribution in [3.8, 4) is 0 Å². The van der Waals surface area contributed by atoms with Crippen molar-refractivity contribution >= 4 is 45.1 Å². The van der Waals surface area contributed by atoms with Gasteiger partial charge in [0.05, 0.1) is 4.90 Å². The highest BCUT2D eigenvalue weighted by molar-refractivity contribution is 7.92. The molecule has 0 unspecified atom stereocenters. The Labute approximate surface area is 167 Å². The van der Waals surface area contributed by atoms with Crippen molar-refractivity contribution in [2.45, 2.75) is 4.90 Å². The number of rotatable bonds is 6. The lowest BCUT2D eigenvalue weighted by Crippen LogP contribution is -2.14. The molecule has 0 fully saturated rings. The molecule has 0 bridgehead atoms. The first-order valence-corrected chi connectivity index (χ1v) is 10.1. The van der Waals surface area contributed by atoms with E-state index in [1.807, 2.05) is 6.07 Å². The Morgan fingerprint density at radius 2 is 1.68 bits per heavy atom. The van der Waals surface area contributed by atoms with Crippen LogP contribution in [0.4, 0.5) is 11.5 Å². The molecule has 2 N–H and O–H groups in total. The van der Waals surface area contributed by atoms with Gasteiger partial charge in [-0.15, -0.1) is 0 Å². The molecule has 3 aromatic rings. The molecule has 0 saturated heterocycles. The zero-order valence-electron chi connectivity index (χ0n) is 14.5. The first kappa shape index (κ1) is 19.6. The topological polar surface area (TPSA) is 88.2 Å². The molecule has 0 atom stereocenters. The number of hydrogen-bond donors (Lipinski definition) is 2. The summed E-state index contributed by atoms with van der Waals surface area (Å²) in [5.41, 5.74) is 1.19. The van der Waals surface area contributed by atoms with Crippen molar-refractivity contribution < 1.29 is 13.2 Å². The largest absolute Gasteiger partial charge is 0.323 e. The lowest BCUT2D eigenvalue weighted by atomic mass is 10.2. The van der Waals surface area contributed by atoms with Gasteiger partial charge < -0.3 is 5.32 Å². The summed E-state index contributed by atoms with van der Waals surface area (Å²) >= 11 is 6.04. The van der Waals surface area contributed by atoms with Gasteiger partial charge in [-0.3, -0.25) is 9.52 Å². The Morgan fingerprint density at radius 1 is 0.964 bits per heavy atom. The van der Waals surface area contributed by atoms with Gasteiger partial charge in [0, 0.05) is 23.0 Å². The fourth-order valence-electron chi connectivity index (χ4n) is 2.30. The molecule has 0 saturated carbocycles. The van der Waals surface area contributed by atoms with Crippen molar-refractivity contribution in [1.29, 1.82) is 0 Å². The van der Waals surface area contributed by atoms with Crippen LogP contribution in [0.3, 0.4) is 0 Å². The second-order valence-corrected chi connectivity index (χ2v) is 7.78. The zero-order chi connectivity index (χ0) is 20.0. The Morgan fingerprint density at radius 3 is 2.36 bits per heavy atom. The van der Waals surface area contributed by atoms with E-state index in [9.17, 15) is 13.2 Å². The number of sulfonamides is 1. The van der Waals surface area contributed by atoms with Crippen LogP contribution >= 0.6 is 11.6 Å². The standard InChI is InChI=1S/C20H16ClN3O3S/c21-18-6-2-1-5-15(18)8-13-20(25)23-16-9-11-17(12-10-16)28(26,27)24-19-7-3-4-14-22-19/h1-14H,(H,22,24)(H,23,25). The van der Waals surface area contributed by atoms with Crippen LogP contribution in [0.15, 0.2) is 83.9 Å². The predicted molar refractivity (Wildman–Crippen MR) is 111 cm³/mol. The number of aromatic nitrogens is 1. The number of pyridine rings is 1.